The number of rotatable bonds is 6. The molecule has 3 nitrogen and oxygen atoms in total. The van der Waals surface area contributed by atoms with Crippen molar-refractivity contribution < 1.29 is 4.74 Å². The molecule has 0 bridgehead atoms. The average Bonchev–Trinajstić information content (AvgIpc) is 2.38. The number of hydrogen-bond donors (Lipinski definition) is 1. The van der Waals surface area contributed by atoms with Gasteiger partial charge in [0, 0.05) is 37.5 Å². The maximum absolute atomic E-state index is 5.27. The lowest BCUT2D eigenvalue weighted by atomic mass is 10.1. The summed E-state index contributed by atoms with van der Waals surface area (Å²) in [6.07, 6.45) is 3.72. The summed E-state index contributed by atoms with van der Waals surface area (Å²) in [5, 5.41) is 5.79. The summed E-state index contributed by atoms with van der Waals surface area (Å²) < 4.78 is 5.27. The van der Waals surface area contributed by atoms with E-state index in [0.29, 0.717) is 0 Å². The molecule has 0 aliphatic rings. The van der Waals surface area contributed by atoms with Crippen LogP contribution in [0.3, 0.4) is 0 Å². The summed E-state index contributed by atoms with van der Waals surface area (Å²) in [5.41, 5.74) is 1.29. The van der Waals surface area contributed by atoms with Gasteiger partial charge in [-0.15, -0.1) is 0 Å². The molecule has 17 heavy (non-hydrogen) atoms. The third-order valence-corrected chi connectivity index (χ3v) is 2.66. The smallest absolute Gasteiger partial charge is 0.0590 e. The standard InChI is InChI=1S/C14H18N2O/c1-2-17-8-7-16-10-12-3-4-14-11-15-6-5-13(14)9-12/h3-6,9,11,16H,2,7-8,10H2,1H3. The van der Waals surface area contributed by atoms with Gasteiger partial charge in [0.15, 0.2) is 0 Å². The second-order valence-electron chi connectivity index (χ2n) is 3.93. The van der Waals surface area contributed by atoms with E-state index in [1.807, 2.05) is 25.4 Å². The Hall–Kier alpha value is -1.45. The molecule has 3 heteroatoms. The quantitative estimate of drug-likeness (QED) is 0.774. The number of nitrogens with one attached hydrogen (secondary N) is 1. The number of fused-ring (bicyclic) bond motifs is 1. The fourth-order valence-electron chi connectivity index (χ4n) is 1.76. The summed E-state index contributed by atoms with van der Waals surface area (Å²) in [5.74, 6) is 0. The van der Waals surface area contributed by atoms with Crippen LogP contribution in [0.2, 0.25) is 0 Å². The third kappa shape index (κ3) is 3.51. The molecular weight excluding hydrogens is 212 g/mol. The molecule has 1 heterocycles. The Morgan fingerprint density at radius 3 is 3.06 bits per heavy atom. The Morgan fingerprint density at radius 2 is 2.18 bits per heavy atom. The molecule has 0 atom stereocenters. The first-order valence-corrected chi connectivity index (χ1v) is 6.01. The van der Waals surface area contributed by atoms with Crippen LogP contribution in [-0.4, -0.2) is 24.7 Å². The molecule has 2 rings (SSSR count). The zero-order chi connectivity index (χ0) is 11.9. The highest BCUT2D eigenvalue weighted by atomic mass is 16.5. The van der Waals surface area contributed by atoms with Gasteiger partial charge in [-0.3, -0.25) is 4.98 Å². The summed E-state index contributed by atoms with van der Waals surface area (Å²) in [4.78, 5) is 4.11. The van der Waals surface area contributed by atoms with Crippen LogP contribution in [-0.2, 0) is 11.3 Å². The summed E-state index contributed by atoms with van der Waals surface area (Å²) >= 11 is 0. The predicted octanol–water partition coefficient (Wildman–Crippen LogP) is 2.36. The zero-order valence-electron chi connectivity index (χ0n) is 10.1. The molecule has 0 fully saturated rings. The van der Waals surface area contributed by atoms with Gasteiger partial charge in [-0.1, -0.05) is 12.1 Å². The normalized spacial score (nSPS) is 10.9. The SMILES string of the molecule is CCOCCNCc1ccc2cnccc2c1. The van der Waals surface area contributed by atoms with Crippen LogP contribution in [0.15, 0.2) is 36.7 Å². The minimum absolute atomic E-state index is 0.772. The van der Waals surface area contributed by atoms with Crippen LogP contribution >= 0.6 is 0 Å². The first kappa shape index (κ1) is 12.0. The topological polar surface area (TPSA) is 34.1 Å². The van der Waals surface area contributed by atoms with E-state index in [1.54, 1.807) is 0 Å². The van der Waals surface area contributed by atoms with Crippen molar-refractivity contribution in [3.63, 3.8) is 0 Å². The number of aromatic nitrogens is 1. The van der Waals surface area contributed by atoms with Crippen molar-refractivity contribution in [1.82, 2.24) is 10.3 Å². The van der Waals surface area contributed by atoms with Crippen molar-refractivity contribution in [2.45, 2.75) is 13.5 Å². The van der Waals surface area contributed by atoms with Gasteiger partial charge in [0.05, 0.1) is 6.61 Å². The molecule has 0 aliphatic heterocycles. The zero-order valence-corrected chi connectivity index (χ0v) is 10.1. The van der Waals surface area contributed by atoms with Gasteiger partial charge in [-0.25, -0.2) is 0 Å². The maximum Gasteiger partial charge on any atom is 0.0590 e. The average molecular weight is 230 g/mol. The first-order valence-electron chi connectivity index (χ1n) is 6.01. The van der Waals surface area contributed by atoms with Crippen LogP contribution in [0.5, 0.6) is 0 Å². The van der Waals surface area contributed by atoms with Gasteiger partial charge >= 0.3 is 0 Å². The van der Waals surface area contributed by atoms with Gasteiger partial charge < -0.3 is 10.1 Å². The maximum atomic E-state index is 5.27. The van der Waals surface area contributed by atoms with E-state index < -0.39 is 0 Å². The number of nitrogens with zero attached hydrogens (tertiary/aromatic N) is 1. The molecule has 0 aliphatic carbocycles. The number of ether oxygens (including phenoxy) is 1. The Kier molecular flexibility index (Phi) is 4.47. The number of benzene rings is 1. The lowest BCUT2D eigenvalue weighted by Crippen LogP contribution is -2.19. The van der Waals surface area contributed by atoms with E-state index >= 15 is 0 Å². The highest BCUT2D eigenvalue weighted by Gasteiger charge is 1.96. The molecule has 2 aromatic rings. The monoisotopic (exact) mass is 230 g/mol. The fourth-order valence-corrected chi connectivity index (χ4v) is 1.76. The Labute approximate surface area is 102 Å². The lowest BCUT2D eigenvalue weighted by molar-refractivity contribution is 0.149. The van der Waals surface area contributed by atoms with Crippen LogP contribution in [0, 0.1) is 0 Å². The highest BCUT2D eigenvalue weighted by Crippen LogP contribution is 2.14. The van der Waals surface area contributed by atoms with Gasteiger partial charge in [0.2, 0.25) is 0 Å². The molecule has 90 valence electrons. The Morgan fingerprint density at radius 1 is 1.24 bits per heavy atom. The largest absolute Gasteiger partial charge is 0.380 e. The van der Waals surface area contributed by atoms with Gasteiger partial charge in [-0.05, 0) is 30.0 Å². The summed E-state index contributed by atoms with van der Waals surface area (Å²) in [6.45, 7) is 5.34. The molecule has 0 saturated heterocycles. The minimum atomic E-state index is 0.772. The molecule has 0 saturated carbocycles. The van der Waals surface area contributed by atoms with E-state index in [9.17, 15) is 0 Å². The van der Waals surface area contributed by atoms with Crippen molar-refractivity contribution in [3.05, 3.63) is 42.2 Å². The number of pyridine rings is 1. The van der Waals surface area contributed by atoms with Crippen molar-refractivity contribution >= 4 is 10.8 Å². The van der Waals surface area contributed by atoms with E-state index in [1.165, 1.54) is 16.3 Å². The summed E-state index contributed by atoms with van der Waals surface area (Å²) in [7, 11) is 0. The van der Waals surface area contributed by atoms with E-state index in [0.717, 1.165) is 26.3 Å². The molecule has 0 unspecified atom stereocenters. The molecule has 0 radical (unpaired) electrons. The van der Waals surface area contributed by atoms with Crippen LogP contribution in [0.1, 0.15) is 12.5 Å². The predicted molar refractivity (Wildman–Crippen MR) is 69.9 cm³/mol. The Bertz CT molecular complexity index is 470. The van der Waals surface area contributed by atoms with Crippen molar-refractivity contribution in [2.75, 3.05) is 19.8 Å². The van der Waals surface area contributed by atoms with Crippen molar-refractivity contribution in [1.29, 1.82) is 0 Å². The van der Waals surface area contributed by atoms with Crippen LogP contribution in [0.4, 0.5) is 0 Å². The van der Waals surface area contributed by atoms with Gasteiger partial charge in [-0.2, -0.15) is 0 Å². The Balaban J connectivity index is 1.90. The summed E-state index contributed by atoms with van der Waals surface area (Å²) in [6, 6.07) is 8.49. The van der Waals surface area contributed by atoms with E-state index in [2.05, 4.69) is 28.5 Å². The third-order valence-electron chi connectivity index (χ3n) is 2.66. The van der Waals surface area contributed by atoms with Crippen molar-refractivity contribution in [3.8, 4) is 0 Å². The van der Waals surface area contributed by atoms with E-state index in [4.69, 9.17) is 4.74 Å². The minimum Gasteiger partial charge on any atom is -0.380 e. The van der Waals surface area contributed by atoms with Gasteiger partial charge in [0.25, 0.3) is 0 Å². The van der Waals surface area contributed by atoms with Crippen LogP contribution in [0.25, 0.3) is 10.8 Å². The lowest BCUT2D eigenvalue weighted by Gasteiger charge is -2.06. The second-order valence-corrected chi connectivity index (χ2v) is 3.93. The number of hydrogen-bond acceptors (Lipinski definition) is 3. The molecular formula is C14H18N2O. The molecule has 0 spiro atoms. The molecule has 1 N–H and O–H groups in total. The molecule has 1 aromatic heterocycles. The fraction of sp³-hybridized carbons (Fsp3) is 0.357. The van der Waals surface area contributed by atoms with Crippen molar-refractivity contribution in [2.24, 2.45) is 0 Å². The van der Waals surface area contributed by atoms with E-state index in [-0.39, 0.29) is 0 Å². The highest BCUT2D eigenvalue weighted by molar-refractivity contribution is 5.81. The second kappa shape index (κ2) is 6.33. The molecule has 1 aromatic carbocycles. The van der Waals surface area contributed by atoms with Gasteiger partial charge in [0.1, 0.15) is 0 Å². The first-order chi connectivity index (χ1) is 8.40. The van der Waals surface area contributed by atoms with Crippen LogP contribution < -0.4 is 5.32 Å². The molecule has 0 amide bonds.